The molecule has 2 rings (SSSR count). The van der Waals surface area contributed by atoms with Crippen LogP contribution in [0.5, 0.6) is 11.5 Å². The van der Waals surface area contributed by atoms with Crippen molar-refractivity contribution < 1.29 is 13.9 Å². The topological polar surface area (TPSA) is 56.5 Å². The van der Waals surface area contributed by atoms with Crippen LogP contribution in [-0.2, 0) is 0 Å². The van der Waals surface area contributed by atoms with Crippen LogP contribution >= 0.6 is 15.9 Å². The monoisotopic (exact) mass is 354 g/mol. The van der Waals surface area contributed by atoms with Gasteiger partial charge in [0, 0.05) is 11.6 Å². The molecule has 0 saturated heterocycles. The number of halogens is 2. The minimum atomic E-state index is -0.395. The van der Waals surface area contributed by atoms with Crippen molar-refractivity contribution in [2.75, 3.05) is 14.2 Å². The van der Waals surface area contributed by atoms with Crippen LogP contribution in [0.1, 0.15) is 17.2 Å². The Labute approximate surface area is 131 Å². The summed E-state index contributed by atoms with van der Waals surface area (Å²) in [6.07, 6.45) is 0. The number of benzene rings is 2. The third-order valence-corrected chi connectivity index (χ3v) is 3.84. The van der Waals surface area contributed by atoms with Crippen LogP contribution in [0.25, 0.3) is 0 Å². The fourth-order valence-corrected chi connectivity index (χ4v) is 2.36. The molecular formula is C15H16BrFN2O2. The molecule has 0 heterocycles. The first kappa shape index (κ1) is 15.8. The smallest absolute Gasteiger partial charge is 0.137 e. The number of nitrogens with one attached hydrogen (secondary N) is 1. The molecular weight excluding hydrogens is 339 g/mol. The molecule has 0 aromatic heterocycles. The molecule has 2 aromatic carbocycles. The molecule has 0 saturated carbocycles. The van der Waals surface area contributed by atoms with Crippen molar-refractivity contribution >= 4 is 15.9 Å². The van der Waals surface area contributed by atoms with Crippen LogP contribution in [0.3, 0.4) is 0 Å². The van der Waals surface area contributed by atoms with Crippen molar-refractivity contribution in [2.45, 2.75) is 6.04 Å². The Morgan fingerprint density at radius 3 is 2.48 bits per heavy atom. The lowest BCUT2D eigenvalue weighted by Crippen LogP contribution is -2.29. The number of hydrazine groups is 1. The zero-order valence-electron chi connectivity index (χ0n) is 11.7. The van der Waals surface area contributed by atoms with E-state index in [4.69, 9.17) is 15.3 Å². The van der Waals surface area contributed by atoms with E-state index in [1.165, 1.54) is 6.07 Å². The van der Waals surface area contributed by atoms with Crippen molar-refractivity contribution in [2.24, 2.45) is 5.84 Å². The molecule has 21 heavy (non-hydrogen) atoms. The first-order valence-electron chi connectivity index (χ1n) is 6.23. The maximum atomic E-state index is 13.7. The third-order valence-electron chi connectivity index (χ3n) is 3.20. The van der Waals surface area contributed by atoms with Gasteiger partial charge in [-0.15, -0.1) is 0 Å². The predicted molar refractivity (Wildman–Crippen MR) is 82.8 cm³/mol. The lowest BCUT2D eigenvalue weighted by molar-refractivity contribution is 0.387. The first-order chi connectivity index (χ1) is 10.1. The van der Waals surface area contributed by atoms with Gasteiger partial charge in [0.15, 0.2) is 0 Å². The van der Waals surface area contributed by atoms with Crippen LogP contribution < -0.4 is 20.7 Å². The van der Waals surface area contributed by atoms with Crippen LogP contribution in [-0.4, -0.2) is 14.2 Å². The van der Waals surface area contributed by atoms with Crippen molar-refractivity contribution in [1.29, 1.82) is 0 Å². The minimum Gasteiger partial charge on any atom is -0.497 e. The Morgan fingerprint density at radius 2 is 1.90 bits per heavy atom. The van der Waals surface area contributed by atoms with Gasteiger partial charge in [-0.25, -0.2) is 9.82 Å². The molecule has 1 unspecified atom stereocenters. The molecule has 1 atom stereocenters. The van der Waals surface area contributed by atoms with E-state index in [2.05, 4.69) is 21.4 Å². The average molecular weight is 355 g/mol. The standard InChI is InChI=1S/C15H16BrFN2O2/c1-20-10-4-5-11(14(8-10)21-2)15(19-18)9-3-6-12(16)13(17)7-9/h3-8,15,19H,18H2,1-2H3. The first-order valence-corrected chi connectivity index (χ1v) is 7.03. The Kier molecular flexibility index (Phi) is 5.17. The number of ether oxygens (including phenoxy) is 2. The third kappa shape index (κ3) is 3.34. The number of rotatable bonds is 5. The van der Waals surface area contributed by atoms with E-state index >= 15 is 0 Å². The molecule has 0 aliphatic heterocycles. The van der Waals surface area contributed by atoms with E-state index in [0.717, 1.165) is 5.56 Å². The van der Waals surface area contributed by atoms with Crippen LogP contribution in [0.4, 0.5) is 4.39 Å². The van der Waals surface area contributed by atoms with Gasteiger partial charge in [0.25, 0.3) is 0 Å². The fourth-order valence-electron chi connectivity index (χ4n) is 2.11. The fraction of sp³-hybridized carbons (Fsp3) is 0.200. The van der Waals surface area contributed by atoms with Gasteiger partial charge in [-0.05, 0) is 45.8 Å². The van der Waals surface area contributed by atoms with Crippen LogP contribution in [0, 0.1) is 5.82 Å². The zero-order valence-corrected chi connectivity index (χ0v) is 13.3. The molecule has 0 aliphatic rings. The highest BCUT2D eigenvalue weighted by Gasteiger charge is 2.18. The second kappa shape index (κ2) is 6.89. The Balaban J connectivity index is 2.47. The van der Waals surface area contributed by atoms with Gasteiger partial charge in [-0.1, -0.05) is 6.07 Å². The van der Waals surface area contributed by atoms with Gasteiger partial charge in [-0.3, -0.25) is 5.84 Å². The Bertz CT molecular complexity index is 637. The number of hydrogen-bond acceptors (Lipinski definition) is 4. The molecule has 0 bridgehead atoms. The lowest BCUT2D eigenvalue weighted by Gasteiger charge is -2.20. The van der Waals surface area contributed by atoms with Crippen molar-refractivity contribution in [3.8, 4) is 11.5 Å². The maximum absolute atomic E-state index is 13.7. The summed E-state index contributed by atoms with van der Waals surface area (Å²) in [6.45, 7) is 0. The van der Waals surface area contributed by atoms with Gasteiger partial charge < -0.3 is 9.47 Å². The molecule has 0 radical (unpaired) electrons. The summed E-state index contributed by atoms with van der Waals surface area (Å²) in [5.74, 6) is 6.59. The molecule has 2 aromatic rings. The Hall–Kier alpha value is -1.63. The highest BCUT2D eigenvalue weighted by atomic mass is 79.9. The second-order valence-corrected chi connectivity index (χ2v) is 5.24. The molecule has 4 nitrogen and oxygen atoms in total. The van der Waals surface area contributed by atoms with E-state index in [1.807, 2.05) is 6.07 Å². The van der Waals surface area contributed by atoms with E-state index < -0.39 is 6.04 Å². The van der Waals surface area contributed by atoms with Crippen molar-refractivity contribution in [3.63, 3.8) is 0 Å². The summed E-state index contributed by atoms with van der Waals surface area (Å²) in [5, 5.41) is 0. The van der Waals surface area contributed by atoms with Gasteiger partial charge in [0.05, 0.1) is 24.7 Å². The van der Waals surface area contributed by atoms with Gasteiger partial charge in [0.1, 0.15) is 17.3 Å². The normalized spacial score (nSPS) is 12.0. The molecule has 0 amide bonds. The molecule has 3 N–H and O–H groups in total. The maximum Gasteiger partial charge on any atom is 0.137 e. The van der Waals surface area contributed by atoms with Gasteiger partial charge >= 0.3 is 0 Å². The predicted octanol–water partition coefficient (Wildman–Crippen LogP) is 3.16. The highest BCUT2D eigenvalue weighted by Crippen LogP contribution is 2.33. The Morgan fingerprint density at radius 1 is 1.14 bits per heavy atom. The van der Waals surface area contributed by atoms with E-state index in [0.29, 0.717) is 21.5 Å². The lowest BCUT2D eigenvalue weighted by atomic mass is 9.98. The summed E-state index contributed by atoms with van der Waals surface area (Å²) in [5.41, 5.74) is 4.18. The van der Waals surface area contributed by atoms with E-state index in [-0.39, 0.29) is 5.82 Å². The quantitative estimate of drug-likeness (QED) is 0.639. The minimum absolute atomic E-state index is 0.347. The van der Waals surface area contributed by atoms with Crippen LogP contribution in [0.2, 0.25) is 0 Å². The molecule has 0 aliphatic carbocycles. The van der Waals surface area contributed by atoms with Gasteiger partial charge in [0.2, 0.25) is 0 Å². The molecule has 6 heteroatoms. The summed E-state index contributed by atoms with van der Waals surface area (Å²) in [7, 11) is 3.14. The number of methoxy groups -OCH3 is 2. The summed E-state index contributed by atoms with van der Waals surface area (Å²) < 4.78 is 24.7. The number of nitrogens with two attached hydrogens (primary N) is 1. The van der Waals surface area contributed by atoms with Crippen molar-refractivity contribution in [3.05, 3.63) is 57.8 Å². The van der Waals surface area contributed by atoms with E-state index in [1.54, 1.807) is 38.5 Å². The molecule has 0 fully saturated rings. The zero-order chi connectivity index (χ0) is 15.4. The SMILES string of the molecule is COc1ccc(C(NN)c2ccc(Br)c(F)c2)c(OC)c1. The summed E-state index contributed by atoms with van der Waals surface area (Å²) in [4.78, 5) is 0. The van der Waals surface area contributed by atoms with E-state index in [9.17, 15) is 4.39 Å². The number of hydrogen-bond donors (Lipinski definition) is 2. The van der Waals surface area contributed by atoms with Crippen molar-refractivity contribution in [1.82, 2.24) is 5.43 Å². The second-order valence-electron chi connectivity index (χ2n) is 4.38. The largest absolute Gasteiger partial charge is 0.497 e. The molecule has 112 valence electrons. The van der Waals surface area contributed by atoms with Crippen LogP contribution in [0.15, 0.2) is 40.9 Å². The highest BCUT2D eigenvalue weighted by molar-refractivity contribution is 9.10. The molecule has 0 spiro atoms. The van der Waals surface area contributed by atoms with Gasteiger partial charge in [-0.2, -0.15) is 0 Å². The summed E-state index contributed by atoms with van der Waals surface area (Å²) in [6, 6.07) is 9.87. The summed E-state index contributed by atoms with van der Waals surface area (Å²) >= 11 is 3.14. The average Bonchev–Trinajstić information content (AvgIpc) is 2.51.